The van der Waals surface area contributed by atoms with Crippen LogP contribution < -0.4 is 0 Å². The molecule has 14 heteroatoms. The maximum atomic E-state index is 12.3. The quantitative estimate of drug-likeness (QED) is 0.366. The van der Waals surface area contributed by atoms with Gasteiger partial charge < -0.3 is 0 Å². The minimum atomic E-state index is -4.91. The third kappa shape index (κ3) is 4.43. The molecule has 30 heavy (non-hydrogen) atoms. The molecule has 0 saturated carbocycles. The van der Waals surface area contributed by atoms with Crippen molar-refractivity contribution >= 4 is 28.8 Å². The van der Waals surface area contributed by atoms with Crippen LogP contribution in [0.2, 0.25) is 0 Å². The Kier molecular flexibility index (Phi) is 8.85. The van der Waals surface area contributed by atoms with E-state index in [4.69, 9.17) is 9.07 Å². The van der Waals surface area contributed by atoms with Crippen LogP contribution in [0.3, 0.4) is 0 Å². The van der Waals surface area contributed by atoms with Crippen LogP contribution in [0.25, 0.3) is 0 Å². The van der Waals surface area contributed by atoms with Crippen LogP contribution in [0.5, 0.6) is 0 Å². The molecule has 1 heterocycles. The van der Waals surface area contributed by atoms with E-state index in [-0.39, 0.29) is 0 Å². The van der Waals surface area contributed by atoms with Crippen LogP contribution in [-0.4, -0.2) is 140 Å². The van der Waals surface area contributed by atoms with E-state index in [1.807, 2.05) is 42.3 Å². The van der Waals surface area contributed by atoms with Gasteiger partial charge in [-0.25, -0.2) is 0 Å². The van der Waals surface area contributed by atoms with Crippen molar-refractivity contribution in [3.8, 4) is 0 Å². The van der Waals surface area contributed by atoms with Gasteiger partial charge in [-0.3, -0.25) is 0 Å². The fraction of sp³-hybridized carbons (Fsp3) is 0.938. The van der Waals surface area contributed by atoms with Crippen LogP contribution in [-0.2, 0) is 8.88 Å². The van der Waals surface area contributed by atoms with Crippen molar-refractivity contribution in [2.45, 2.75) is 12.1 Å². The zero-order valence-electron chi connectivity index (χ0n) is 20.6. The van der Waals surface area contributed by atoms with Gasteiger partial charge in [-0.1, -0.05) is 0 Å². The molecular formula is C16H42N7O4P3. The van der Waals surface area contributed by atoms with Crippen molar-refractivity contribution < 1.29 is 18.7 Å². The SMILES string of the molecule is CN(C)P1CCC(N(C)C)(N(C)C)C1=NP(OP(=O)(O)O)(N(C)C)(N(C)C)N(C)C. The standard InChI is InChI=1S/C16H42N7O4P3/c1-18(2)16(19(3)4)13-14-28(20(5)6)15(16)17-30(21(7)8,22(9)10,23(11)12)27-29(24,25)26/h13-14H2,1-12H3,(H2,24,25,26). The molecule has 0 spiro atoms. The van der Waals surface area contributed by atoms with E-state index in [9.17, 15) is 14.4 Å². The molecule has 1 unspecified atom stereocenters. The van der Waals surface area contributed by atoms with Gasteiger partial charge in [0.25, 0.3) is 0 Å². The van der Waals surface area contributed by atoms with Gasteiger partial charge in [-0.2, -0.15) is 0 Å². The first-order valence-electron chi connectivity index (χ1n) is 9.63. The van der Waals surface area contributed by atoms with Crippen LogP contribution >= 0.6 is 23.3 Å². The van der Waals surface area contributed by atoms with Crippen LogP contribution in [0, 0.1) is 0 Å². The molecule has 11 nitrogen and oxygen atoms in total. The number of phosphoric acid groups is 1. The summed E-state index contributed by atoms with van der Waals surface area (Å²) in [5, 5.41) is 0. The molecular weight excluding hydrogens is 447 g/mol. The fourth-order valence-electron chi connectivity index (χ4n) is 4.39. The molecule has 0 aliphatic carbocycles. The summed E-state index contributed by atoms with van der Waals surface area (Å²) >= 11 is 0. The van der Waals surface area contributed by atoms with Gasteiger partial charge in [0.15, 0.2) is 0 Å². The number of hydrogen-bond acceptors (Lipinski definition) is 9. The molecule has 1 rings (SSSR count). The molecule has 0 aromatic carbocycles. The molecule has 1 aliphatic heterocycles. The van der Waals surface area contributed by atoms with Crippen molar-refractivity contribution in [1.29, 1.82) is 0 Å². The Bertz CT molecular complexity index is 662. The molecule has 0 bridgehead atoms. The normalized spacial score (nSPS) is 23.5. The van der Waals surface area contributed by atoms with E-state index in [0.29, 0.717) is 0 Å². The Balaban J connectivity index is 4.18. The summed E-state index contributed by atoms with van der Waals surface area (Å²) in [6.45, 7) is 0. The predicted molar refractivity (Wildman–Crippen MR) is 129 cm³/mol. The molecule has 2 N–H and O–H groups in total. The van der Waals surface area contributed by atoms with Gasteiger partial charge in [0.2, 0.25) is 0 Å². The van der Waals surface area contributed by atoms with Gasteiger partial charge >= 0.3 is 184 Å². The summed E-state index contributed by atoms with van der Waals surface area (Å²) in [5.74, 6) is 0. The first-order chi connectivity index (χ1) is 13.4. The molecule has 0 radical (unpaired) electrons. The molecule has 0 aromatic rings. The molecule has 1 atom stereocenters. The van der Waals surface area contributed by atoms with Crippen LogP contribution in [0.15, 0.2) is 4.76 Å². The number of hydrogen-bond donors (Lipinski definition) is 2. The van der Waals surface area contributed by atoms with Gasteiger partial charge in [-0.15, -0.1) is 0 Å². The van der Waals surface area contributed by atoms with Crippen molar-refractivity contribution in [1.82, 2.24) is 28.5 Å². The van der Waals surface area contributed by atoms with Crippen LogP contribution in [0.1, 0.15) is 6.42 Å². The van der Waals surface area contributed by atoms with E-state index in [1.54, 1.807) is 56.3 Å². The molecule has 180 valence electrons. The summed E-state index contributed by atoms with van der Waals surface area (Å²) in [4.78, 5) is 24.3. The second-order valence-corrected chi connectivity index (χ2v) is 17.2. The molecule has 0 aromatic heterocycles. The minimum absolute atomic E-state index is 0.501. The van der Waals surface area contributed by atoms with Crippen LogP contribution in [0.4, 0.5) is 0 Å². The second kappa shape index (κ2) is 9.34. The predicted octanol–water partition coefficient (Wildman–Crippen LogP) is 1.49. The third-order valence-corrected chi connectivity index (χ3v) is 15.3. The first kappa shape index (κ1) is 28.4. The van der Waals surface area contributed by atoms with Crippen molar-refractivity contribution in [2.24, 2.45) is 4.76 Å². The Hall–Kier alpha value is 0.400. The molecule has 1 aliphatic rings. The topological polar surface area (TPSA) is 98.6 Å². The van der Waals surface area contributed by atoms with Gasteiger partial charge in [0, 0.05) is 0 Å². The summed E-state index contributed by atoms with van der Waals surface area (Å²) in [7, 11) is 12.7. The summed E-state index contributed by atoms with van der Waals surface area (Å²) in [5.41, 5.74) is 0.388. The van der Waals surface area contributed by atoms with E-state index in [0.717, 1.165) is 18.0 Å². The second-order valence-electron chi connectivity index (χ2n) is 8.73. The monoisotopic (exact) mass is 489 g/mol. The summed E-state index contributed by atoms with van der Waals surface area (Å²) in [6.07, 6.45) is 1.78. The van der Waals surface area contributed by atoms with Gasteiger partial charge in [-0.05, 0) is 0 Å². The molecule has 1 fully saturated rings. The molecule has 1 saturated heterocycles. The average Bonchev–Trinajstić information content (AvgIpc) is 2.92. The van der Waals surface area contributed by atoms with Crippen molar-refractivity contribution in [3.63, 3.8) is 0 Å². The summed E-state index contributed by atoms with van der Waals surface area (Å²) in [6, 6.07) is 0. The maximum absolute atomic E-state index is 12.3. The zero-order valence-corrected chi connectivity index (χ0v) is 23.3. The number of rotatable bonds is 9. The average molecular weight is 489 g/mol. The number of nitrogens with zero attached hydrogens (tertiary/aromatic N) is 7. The van der Waals surface area contributed by atoms with E-state index in [1.165, 1.54) is 0 Å². The third-order valence-electron chi connectivity index (χ3n) is 5.86. The van der Waals surface area contributed by atoms with E-state index < -0.39 is 29.0 Å². The van der Waals surface area contributed by atoms with E-state index >= 15 is 0 Å². The van der Waals surface area contributed by atoms with Gasteiger partial charge in [0.05, 0.1) is 0 Å². The Morgan fingerprint density at radius 1 is 0.900 bits per heavy atom. The van der Waals surface area contributed by atoms with E-state index in [2.05, 4.69) is 14.5 Å². The molecule has 0 amide bonds. The van der Waals surface area contributed by atoms with Crippen molar-refractivity contribution in [3.05, 3.63) is 0 Å². The first-order valence-corrected chi connectivity index (χ1v) is 14.6. The van der Waals surface area contributed by atoms with Crippen molar-refractivity contribution in [2.75, 3.05) is 90.7 Å². The van der Waals surface area contributed by atoms with Gasteiger partial charge in [0.1, 0.15) is 0 Å². The Morgan fingerprint density at radius 3 is 1.57 bits per heavy atom. The fourth-order valence-corrected chi connectivity index (χ4v) is 14.3. The summed E-state index contributed by atoms with van der Waals surface area (Å²) < 4.78 is 30.8. The zero-order chi connectivity index (χ0) is 23.9. The Labute approximate surface area is 183 Å². The Morgan fingerprint density at radius 2 is 1.30 bits per heavy atom.